The predicted molar refractivity (Wildman–Crippen MR) is 57.9 cm³/mol. The van der Waals surface area contributed by atoms with Gasteiger partial charge in [0.05, 0.1) is 0 Å². The summed E-state index contributed by atoms with van der Waals surface area (Å²) in [4.78, 5) is 0. The van der Waals surface area contributed by atoms with Crippen LogP contribution in [0.2, 0.25) is 0 Å². The van der Waals surface area contributed by atoms with Crippen molar-refractivity contribution in [2.75, 3.05) is 0 Å². The summed E-state index contributed by atoms with van der Waals surface area (Å²) in [6, 6.07) is 4.16. The zero-order valence-corrected chi connectivity index (χ0v) is 9.45. The summed E-state index contributed by atoms with van der Waals surface area (Å²) in [5.41, 5.74) is 0.511. The van der Waals surface area contributed by atoms with Gasteiger partial charge in [0.2, 0.25) is 10.0 Å². The minimum atomic E-state index is -3.71. The Bertz CT molecular complexity index is 631. The molecule has 0 fully saturated rings. The lowest BCUT2D eigenvalue weighted by Crippen LogP contribution is -2.11. The van der Waals surface area contributed by atoms with Crippen LogP contribution in [0.1, 0.15) is 5.56 Å². The van der Waals surface area contributed by atoms with Crippen molar-refractivity contribution >= 4 is 31.4 Å². The van der Waals surface area contributed by atoms with Crippen LogP contribution in [-0.4, -0.2) is 8.42 Å². The van der Waals surface area contributed by atoms with E-state index in [1.54, 1.807) is 13.0 Å². The highest BCUT2D eigenvalue weighted by atomic mass is 32.2. The number of aryl methyl sites for hydroxylation is 1. The van der Waals surface area contributed by atoms with E-state index < -0.39 is 10.0 Å². The van der Waals surface area contributed by atoms with Crippen LogP contribution < -0.4 is 5.14 Å². The summed E-state index contributed by atoms with van der Waals surface area (Å²) in [5, 5.41) is 5.65. The maximum Gasteiger partial charge on any atom is 0.247 e. The normalized spacial score (nSPS) is 12.2. The van der Waals surface area contributed by atoms with Crippen molar-refractivity contribution in [2.45, 2.75) is 11.1 Å². The number of fused-ring (bicyclic) bond motifs is 1. The third-order valence-corrected chi connectivity index (χ3v) is 4.95. The summed E-state index contributed by atoms with van der Waals surface area (Å²) in [7, 11) is -3.71. The highest BCUT2D eigenvalue weighted by molar-refractivity contribution is 7.91. The maximum absolute atomic E-state index is 12.9. The summed E-state index contributed by atoms with van der Waals surface area (Å²) in [6.07, 6.45) is 0. The average molecular weight is 245 g/mol. The molecule has 2 aromatic rings. The molecule has 6 heteroatoms. The maximum atomic E-state index is 12.9. The van der Waals surface area contributed by atoms with Gasteiger partial charge in [0.15, 0.2) is 0 Å². The number of hydrogen-bond acceptors (Lipinski definition) is 3. The van der Waals surface area contributed by atoms with Gasteiger partial charge in [0.25, 0.3) is 0 Å². The minimum absolute atomic E-state index is 0.100. The first-order valence-electron chi connectivity index (χ1n) is 4.11. The fourth-order valence-electron chi connectivity index (χ4n) is 1.44. The topological polar surface area (TPSA) is 60.2 Å². The number of sulfonamides is 1. The number of primary sulfonamides is 1. The van der Waals surface area contributed by atoms with Crippen molar-refractivity contribution in [3.63, 3.8) is 0 Å². The molecular weight excluding hydrogens is 237 g/mol. The Morgan fingerprint density at radius 3 is 2.67 bits per heavy atom. The van der Waals surface area contributed by atoms with Crippen molar-refractivity contribution in [2.24, 2.45) is 5.14 Å². The van der Waals surface area contributed by atoms with Crippen LogP contribution in [0.4, 0.5) is 4.39 Å². The Morgan fingerprint density at radius 2 is 2.07 bits per heavy atom. The number of halogens is 1. The Hall–Kier alpha value is -0.980. The van der Waals surface area contributed by atoms with E-state index in [0.717, 1.165) is 16.0 Å². The molecule has 0 radical (unpaired) electrons. The molecule has 0 saturated carbocycles. The average Bonchev–Trinajstić information content (AvgIpc) is 2.43. The van der Waals surface area contributed by atoms with Gasteiger partial charge in [0.1, 0.15) is 10.0 Å². The van der Waals surface area contributed by atoms with Crippen molar-refractivity contribution < 1.29 is 12.8 Å². The van der Waals surface area contributed by atoms with Crippen molar-refractivity contribution in [3.8, 4) is 0 Å². The Kier molecular flexibility index (Phi) is 2.29. The number of hydrogen-bond donors (Lipinski definition) is 1. The molecule has 1 heterocycles. The lowest BCUT2D eigenvalue weighted by atomic mass is 10.2. The minimum Gasteiger partial charge on any atom is -0.224 e. The second-order valence-corrected chi connectivity index (χ2v) is 6.01. The summed E-state index contributed by atoms with van der Waals surface area (Å²) in [6.45, 7) is 1.62. The lowest BCUT2D eigenvalue weighted by Gasteiger charge is -1.94. The largest absolute Gasteiger partial charge is 0.247 e. The SMILES string of the molecule is Cc1c(S(N)(=O)=O)sc2ccc(F)cc12. The Labute approximate surface area is 90.4 Å². The zero-order valence-electron chi connectivity index (χ0n) is 7.82. The third kappa shape index (κ3) is 1.75. The number of rotatable bonds is 1. The van der Waals surface area contributed by atoms with Crippen LogP contribution >= 0.6 is 11.3 Å². The second kappa shape index (κ2) is 3.26. The molecule has 0 atom stereocenters. The van der Waals surface area contributed by atoms with Crippen molar-refractivity contribution in [1.29, 1.82) is 0 Å². The van der Waals surface area contributed by atoms with Crippen molar-refractivity contribution in [3.05, 3.63) is 29.6 Å². The fraction of sp³-hybridized carbons (Fsp3) is 0.111. The van der Waals surface area contributed by atoms with Crippen LogP contribution in [0.15, 0.2) is 22.4 Å². The van der Waals surface area contributed by atoms with E-state index in [9.17, 15) is 12.8 Å². The summed E-state index contributed by atoms with van der Waals surface area (Å²) in [5.74, 6) is -0.385. The van der Waals surface area contributed by atoms with Gasteiger partial charge in [-0.1, -0.05) is 0 Å². The molecule has 0 bridgehead atoms. The molecule has 0 aliphatic heterocycles. The third-order valence-electron chi connectivity index (χ3n) is 2.11. The van der Waals surface area contributed by atoms with E-state index in [1.807, 2.05) is 0 Å². The van der Waals surface area contributed by atoms with E-state index in [-0.39, 0.29) is 10.0 Å². The van der Waals surface area contributed by atoms with E-state index in [2.05, 4.69) is 0 Å². The van der Waals surface area contributed by atoms with Gasteiger partial charge in [-0.15, -0.1) is 11.3 Å². The van der Waals surface area contributed by atoms with Gasteiger partial charge in [-0.25, -0.2) is 17.9 Å². The Balaban J connectivity index is 2.87. The summed E-state index contributed by atoms with van der Waals surface area (Å²) >= 11 is 1.06. The molecule has 0 unspecified atom stereocenters. The predicted octanol–water partition coefficient (Wildman–Crippen LogP) is 2.00. The number of nitrogens with two attached hydrogens (primary N) is 1. The smallest absolute Gasteiger partial charge is 0.224 e. The van der Waals surface area contributed by atoms with Crippen LogP contribution in [-0.2, 0) is 10.0 Å². The van der Waals surface area contributed by atoms with Gasteiger partial charge in [-0.05, 0) is 36.1 Å². The van der Waals surface area contributed by atoms with Crippen LogP contribution in [0.3, 0.4) is 0 Å². The van der Waals surface area contributed by atoms with E-state index in [4.69, 9.17) is 5.14 Å². The van der Waals surface area contributed by atoms with Crippen LogP contribution in [0, 0.1) is 12.7 Å². The standard InChI is InChI=1S/C9H8FNO2S2/c1-5-7-4-6(10)2-3-8(7)14-9(5)15(11,12)13/h2-4H,1H3,(H2,11,12,13). The van der Waals surface area contributed by atoms with Gasteiger partial charge in [-0.3, -0.25) is 0 Å². The first-order chi connectivity index (χ1) is 6.89. The van der Waals surface area contributed by atoms with Gasteiger partial charge in [0, 0.05) is 4.70 Å². The molecule has 1 aromatic heterocycles. The molecule has 0 aliphatic rings. The molecule has 2 N–H and O–H groups in total. The molecule has 3 nitrogen and oxygen atoms in total. The van der Waals surface area contributed by atoms with Crippen LogP contribution in [0.5, 0.6) is 0 Å². The van der Waals surface area contributed by atoms with Crippen molar-refractivity contribution in [1.82, 2.24) is 0 Å². The highest BCUT2D eigenvalue weighted by Gasteiger charge is 2.17. The molecule has 80 valence electrons. The first kappa shape index (κ1) is 10.5. The number of benzene rings is 1. The quantitative estimate of drug-likeness (QED) is 0.835. The zero-order chi connectivity index (χ0) is 11.2. The van der Waals surface area contributed by atoms with Gasteiger partial charge in [-0.2, -0.15) is 0 Å². The molecule has 0 aliphatic carbocycles. The van der Waals surface area contributed by atoms with E-state index >= 15 is 0 Å². The molecule has 1 aromatic carbocycles. The summed E-state index contributed by atoms with van der Waals surface area (Å²) < 4.78 is 36.2. The van der Waals surface area contributed by atoms with E-state index in [0.29, 0.717) is 10.9 Å². The molecule has 0 spiro atoms. The first-order valence-corrected chi connectivity index (χ1v) is 6.47. The molecular formula is C9H8FNO2S2. The van der Waals surface area contributed by atoms with E-state index in [1.165, 1.54) is 12.1 Å². The number of thiophene rings is 1. The Morgan fingerprint density at radius 1 is 1.40 bits per heavy atom. The van der Waals surface area contributed by atoms with Gasteiger partial charge >= 0.3 is 0 Å². The second-order valence-electron chi connectivity index (χ2n) is 3.20. The molecule has 2 rings (SSSR count). The van der Waals surface area contributed by atoms with Crippen LogP contribution in [0.25, 0.3) is 10.1 Å². The molecule has 15 heavy (non-hydrogen) atoms. The molecule has 0 saturated heterocycles. The molecule has 0 amide bonds. The fourth-order valence-corrected chi connectivity index (χ4v) is 3.63. The van der Waals surface area contributed by atoms with Gasteiger partial charge < -0.3 is 0 Å². The monoisotopic (exact) mass is 245 g/mol. The highest BCUT2D eigenvalue weighted by Crippen LogP contribution is 2.33. The lowest BCUT2D eigenvalue weighted by molar-refractivity contribution is 0.599.